The second kappa shape index (κ2) is 8.34. The highest BCUT2D eigenvalue weighted by Crippen LogP contribution is 2.28. The monoisotopic (exact) mass is 358 g/mol. The topological polar surface area (TPSA) is 86.7 Å². The number of carboxylic acid groups (broad SMARTS) is 1. The smallest absolute Gasteiger partial charge is 0.312 e. The van der Waals surface area contributed by atoms with Crippen LogP contribution in [0.15, 0.2) is 24.3 Å². The third kappa shape index (κ3) is 4.42. The molecule has 1 aromatic rings. The third-order valence-corrected chi connectivity index (χ3v) is 5.48. The highest BCUT2D eigenvalue weighted by atomic mass is 16.4. The Morgan fingerprint density at radius 1 is 1.12 bits per heavy atom. The number of fused-ring (bicyclic) bond motifs is 1. The maximum Gasteiger partial charge on any atom is 0.312 e. The highest BCUT2D eigenvalue weighted by molar-refractivity contribution is 5.86. The number of nitrogens with zero attached hydrogens (tertiary/aromatic N) is 1. The Labute approximate surface area is 153 Å². The van der Waals surface area contributed by atoms with Gasteiger partial charge in [0, 0.05) is 19.5 Å². The summed E-state index contributed by atoms with van der Waals surface area (Å²) in [5.41, 5.74) is 1.62. The van der Waals surface area contributed by atoms with Crippen LogP contribution in [0.5, 0.6) is 0 Å². The maximum absolute atomic E-state index is 12.5. The Morgan fingerprint density at radius 2 is 1.85 bits per heavy atom. The van der Waals surface area contributed by atoms with Gasteiger partial charge in [0.1, 0.15) is 0 Å². The van der Waals surface area contributed by atoms with Gasteiger partial charge in [-0.25, -0.2) is 0 Å². The Morgan fingerprint density at radius 3 is 2.58 bits per heavy atom. The lowest BCUT2D eigenvalue weighted by Gasteiger charge is -2.33. The molecule has 3 rings (SSSR count). The van der Waals surface area contributed by atoms with Gasteiger partial charge in [-0.2, -0.15) is 0 Å². The largest absolute Gasteiger partial charge is 0.481 e. The fraction of sp³-hybridized carbons (Fsp3) is 0.550. The summed E-state index contributed by atoms with van der Waals surface area (Å²) in [4.78, 5) is 37.7. The van der Waals surface area contributed by atoms with Crippen LogP contribution in [0.2, 0.25) is 0 Å². The highest BCUT2D eigenvalue weighted by Gasteiger charge is 2.32. The number of amides is 2. The summed E-state index contributed by atoms with van der Waals surface area (Å²) >= 11 is 0. The van der Waals surface area contributed by atoms with Crippen LogP contribution in [-0.4, -0.2) is 40.9 Å². The van der Waals surface area contributed by atoms with Crippen LogP contribution >= 0.6 is 0 Å². The molecular formula is C20H26N2O4. The molecule has 0 aromatic heterocycles. The van der Waals surface area contributed by atoms with Crippen LogP contribution < -0.4 is 5.32 Å². The van der Waals surface area contributed by atoms with E-state index in [4.69, 9.17) is 0 Å². The number of carbonyl (C=O) groups excluding carboxylic acids is 2. The van der Waals surface area contributed by atoms with E-state index in [1.165, 1.54) is 24.2 Å². The van der Waals surface area contributed by atoms with E-state index in [2.05, 4.69) is 5.32 Å². The Hall–Kier alpha value is -2.37. The summed E-state index contributed by atoms with van der Waals surface area (Å²) in [5, 5.41) is 12.2. The minimum absolute atomic E-state index is 0.0694. The molecule has 2 aliphatic rings. The normalized spacial score (nSPS) is 20.3. The molecule has 140 valence electrons. The molecule has 1 aromatic carbocycles. The SMILES string of the molecule is O=C(CC1CCCCC1)NCC(=O)N1Cc2ccccc2C(C(=O)O)C1. The van der Waals surface area contributed by atoms with Crippen LogP contribution in [0.1, 0.15) is 55.6 Å². The second-order valence-corrected chi connectivity index (χ2v) is 7.35. The van der Waals surface area contributed by atoms with Crippen molar-refractivity contribution in [3.63, 3.8) is 0 Å². The van der Waals surface area contributed by atoms with Gasteiger partial charge in [0.25, 0.3) is 0 Å². The van der Waals surface area contributed by atoms with E-state index in [-0.39, 0.29) is 24.9 Å². The average Bonchev–Trinajstić information content (AvgIpc) is 2.65. The fourth-order valence-electron chi connectivity index (χ4n) is 4.02. The standard InChI is InChI=1S/C20H26N2O4/c23-18(10-14-6-2-1-3-7-14)21-11-19(24)22-12-15-8-4-5-9-16(15)17(13-22)20(25)26/h4-5,8-9,14,17H,1-3,6-7,10-13H2,(H,21,23)(H,25,26). The van der Waals surface area contributed by atoms with Gasteiger partial charge in [-0.3, -0.25) is 14.4 Å². The van der Waals surface area contributed by atoms with Gasteiger partial charge >= 0.3 is 5.97 Å². The van der Waals surface area contributed by atoms with Crippen molar-refractivity contribution < 1.29 is 19.5 Å². The molecule has 2 amide bonds. The summed E-state index contributed by atoms with van der Waals surface area (Å²) in [5.74, 6) is -1.55. The lowest BCUT2D eigenvalue weighted by Crippen LogP contribution is -2.45. The quantitative estimate of drug-likeness (QED) is 0.845. The van der Waals surface area contributed by atoms with E-state index in [0.29, 0.717) is 18.9 Å². The van der Waals surface area contributed by atoms with Gasteiger partial charge in [-0.1, -0.05) is 43.5 Å². The lowest BCUT2D eigenvalue weighted by atomic mass is 9.87. The number of rotatable bonds is 5. The van der Waals surface area contributed by atoms with Crippen molar-refractivity contribution in [1.82, 2.24) is 10.2 Å². The maximum atomic E-state index is 12.5. The van der Waals surface area contributed by atoms with Crippen molar-refractivity contribution in [2.45, 2.75) is 51.0 Å². The van der Waals surface area contributed by atoms with Gasteiger partial charge in [0.15, 0.2) is 0 Å². The van der Waals surface area contributed by atoms with Gasteiger partial charge in [-0.05, 0) is 29.9 Å². The van der Waals surface area contributed by atoms with Gasteiger partial charge < -0.3 is 15.3 Å². The summed E-state index contributed by atoms with van der Waals surface area (Å²) < 4.78 is 0. The first-order valence-electron chi connectivity index (χ1n) is 9.39. The first kappa shape index (κ1) is 18.4. The summed E-state index contributed by atoms with van der Waals surface area (Å²) in [7, 11) is 0. The molecule has 1 heterocycles. The molecule has 1 atom stereocenters. The van der Waals surface area contributed by atoms with Crippen molar-refractivity contribution >= 4 is 17.8 Å². The number of hydrogen-bond donors (Lipinski definition) is 2. The van der Waals surface area contributed by atoms with E-state index < -0.39 is 11.9 Å². The van der Waals surface area contributed by atoms with Crippen LogP contribution in [0.4, 0.5) is 0 Å². The average molecular weight is 358 g/mol. The predicted octanol–water partition coefficient (Wildman–Crippen LogP) is 2.28. The molecule has 1 aliphatic carbocycles. The first-order valence-corrected chi connectivity index (χ1v) is 9.39. The van der Waals surface area contributed by atoms with Gasteiger partial charge in [0.05, 0.1) is 12.5 Å². The van der Waals surface area contributed by atoms with Crippen molar-refractivity contribution in [3.8, 4) is 0 Å². The molecule has 0 saturated heterocycles. The summed E-state index contributed by atoms with van der Waals surface area (Å²) in [6.45, 7) is 0.459. The van der Waals surface area contributed by atoms with Crippen LogP contribution in [0, 0.1) is 5.92 Å². The molecule has 2 N–H and O–H groups in total. The zero-order chi connectivity index (χ0) is 18.5. The van der Waals surface area contributed by atoms with E-state index in [0.717, 1.165) is 24.0 Å². The molecule has 0 radical (unpaired) electrons. The number of benzene rings is 1. The zero-order valence-corrected chi connectivity index (χ0v) is 14.9. The van der Waals surface area contributed by atoms with Gasteiger partial charge in [-0.15, -0.1) is 0 Å². The summed E-state index contributed by atoms with van der Waals surface area (Å²) in [6, 6.07) is 7.32. The third-order valence-electron chi connectivity index (χ3n) is 5.48. The molecule has 0 spiro atoms. The first-order chi connectivity index (χ1) is 12.5. The Kier molecular flexibility index (Phi) is 5.91. The number of nitrogens with one attached hydrogen (secondary N) is 1. The van der Waals surface area contributed by atoms with E-state index >= 15 is 0 Å². The molecule has 1 unspecified atom stereocenters. The number of carboxylic acids is 1. The fourth-order valence-corrected chi connectivity index (χ4v) is 4.02. The molecule has 6 heteroatoms. The number of hydrogen-bond acceptors (Lipinski definition) is 3. The van der Waals surface area contributed by atoms with Crippen molar-refractivity contribution in [3.05, 3.63) is 35.4 Å². The van der Waals surface area contributed by atoms with Crippen LogP contribution in [0.25, 0.3) is 0 Å². The number of aliphatic carboxylic acids is 1. The molecule has 26 heavy (non-hydrogen) atoms. The van der Waals surface area contributed by atoms with Crippen molar-refractivity contribution in [2.24, 2.45) is 5.92 Å². The minimum atomic E-state index is -0.934. The molecule has 1 saturated carbocycles. The van der Waals surface area contributed by atoms with Crippen molar-refractivity contribution in [2.75, 3.05) is 13.1 Å². The van der Waals surface area contributed by atoms with Crippen LogP contribution in [0.3, 0.4) is 0 Å². The Bertz CT molecular complexity index is 682. The predicted molar refractivity (Wildman–Crippen MR) is 96.4 cm³/mol. The number of carbonyl (C=O) groups is 3. The Balaban J connectivity index is 1.54. The van der Waals surface area contributed by atoms with Crippen LogP contribution in [-0.2, 0) is 20.9 Å². The molecule has 0 bridgehead atoms. The molecule has 1 fully saturated rings. The minimum Gasteiger partial charge on any atom is -0.481 e. The van der Waals surface area contributed by atoms with Crippen molar-refractivity contribution in [1.29, 1.82) is 0 Å². The van der Waals surface area contributed by atoms with E-state index in [9.17, 15) is 19.5 Å². The molecule has 6 nitrogen and oxygen atoms in total. The zero-order valence-electron chi connectivity index (χ0n) is 14.9. The van der Waals surface area contributed by atoms with E-state index in [1.807, 2.05) is 24.3 Å². The van der Waals surface area contributed by atoms with Gasteiger partial charge in [0.2, 0.25) is 11.8 Å². The van der Waals surface area contributed by atoms with E-state index in [1.54, 1.807) is 0 Å². The molecular weight excluding hydrogens is 332 g/mol. The molecule has 1 aliphatic heterocycles. The lowest BCUT2D eigenvalue weighted by molar-refractivity contribution is -0.141. The second-order valence-electron chi connectivity index (χ2n) is 7.35. The summed E-state index contributed by atoms with van der Waals surface area (Å²) in [6.07, 6.45) is 6.27.